The molecule has 0 unspecified atom stereocenters. The van der Waals surface area contributed by atoms with Crippen LogP contribution in [0.4, 0.5) is 0 Å². The lowest BCUT2D eigenvalue weighted by atomic mass is 15.0. The van der Waals surface area contributed by atoms with E-state index in [2.05, 4.69) is 4.33 Å². The summed E-state index contributed by atoms with van der Waals surface area (Å²) in [6.07, 6.45) is 0. The van der Waals surface area contributed by atoms with Crippen molar-refractivity contribution in [1.82, 2.24) is 0 Å². The third-order valence-electron chi connectivity index (χ3n) is 0.0942. The van der Waals surface area contributed by atoms with Crippen molar-refractivity contribution in [3.05, 3.63) is 0 Å². The van der Waals surface area contributed by atoms with Crippen LogP contribution in [-0.4, -0.2) is 31.5 Å². The first-order valence-electron chi connectivity index (χ1n) is 1.40. The molecule has 0 aromatic heterocycles. The SMILES string of the molecule is O=S(=O)(O)OO.O=S(O)O. The molecule has 0 saturated heterocycles. The molecule has 4 N–H and O–H groups in total. The molecule has 0 aromatic carbocycles. The van der Waals surface area contributed by atoms with Crippen molar-refractivity contribution in [2.24, 2.45) is 0 Å². The van der Waals surface area contributed by atoms with E-state index in [1.807, 2.05) is 0 Å². The van der Waals surface area contributed by atoms with E-state index >= 15 is 0 Å². The summed E-state index contributed by atoms with van der Waals surface area (Å²) in [6.45, 7) is 0. The van der Waals surface area contributed by atoms with Crippen molar-refractivity contribution in [3.63, 3.8) is 0 Å². The van der Waals surface area contributed by atoms with E-state index in [1.54, 1.807) is 0 Å². The Balaban J connectivity index is 0. The average molecular weight is 196 g/mol. The predicted molar refractivity (Wildman–Crippen MR) is 28.7 cm³/mol. The molecule has 0 radical (unpaired) electrons. The molecule has 10 heteroatoms. The van der Waals surface area contributed by atoms with Crippen molar-refractivity contribution in [1.29, 1.82) is 0 Å². The highest BCUT2D eigenvalue weighted by atomic mass is 32.3. The molecule has 0 atom stereocenters. The Morgan fingerprint density at radius 1 is 1.30 bits per heavy atom. The first kappa shape index (κ1) is 12.6. The Bertz CT molecular complexity index is 169. The van der Waals surface area contributed by atoms with Crippen LogP contribution in [0.1, 0.15) is 0 Å². The predicted octanol–water partition coefficient (Wildman–Crippen LogP) is -1.04. The van der Waals surface area contributed by atoms with Gasteiger partial charge in [-0.2, -0.15) is 12.6 Å². The van der Waals surface area contributed by atoms with Crippen molar-refractivity contribution < 1.29 is 35.9 Å². The van der Waals surface area contributed by atoms with E-state index in [1.165, 1.54) is 0 Å². The maximum atomic E-state index is 9.08. The minimum atomic E-state index is -4.61. The molecule has 0 aromatic rings. The summed E-state index contributed by atoms with van der Waals surface area (Å²) >= 11 is -2.61. The molecule has 0 heterocycles. The fourth-order valence-corrected chi connectivity index (χ4v) is 0. The second-order valence-electron chi connectivity index (χ2n) is 0.733. The average Bonchev–Trinajstić information content (AvgIpc) is 1.63. The van der Waals surface area contributed by atoms with Gasteiger partial charge in [-0.3, -0.25) is 13.7 Å². The molecule has 0 bridgehead atoms. The van der Waals surface area contributed by atoms with Crippen LogP contribution >= 0.6 is 0 Å². The van der Waals surface area contributed by atoms with E-state index in [9.17, 15) is 0 Å². The molecular formula is H4O8S2. The van der Waals surface area contributed by atoms with Gasteiger partial charge in [0.25, 0.3) is 11.4 Å². The van der Waals surface area contributed by atoms with Crippen LogP contribution in [0.2, 0.25) is 0 Å². The summed E-state index contributed by atoms with van der Waals surface area (Å²) in [5.74, 6) is 0. The summed E-state index contributed by atoms with van der Waals surface area (Å²) in [6, 6.07) is 0. The largest absolute Gasteiger partial charge is 0.423 e. The van der Waals surface area contributed by atoms with Crippen molar-refractivity contribution in [3.8, 4) is 0 Å². The van der Waals surface area contributed by atoms with E-state index in [0.717, 1.165) is 0 Å². The molecule has 0 spiro atoms. The third kappa shape index (κ3) is 44.7. The Morgan fingerprint density at radius 2 is 1.40 bits per heavy atom. The zero-order chi connectivity index (χ0) is 8.78. The summed E-state index contributed by atoms with van der Waals surface area (Å²) in [5.41, 5.74) is 0. The van der Waals surface area contributed by atoms with Gasteiger partial charge in [0.15, 0.2) is 0 Å². The van der Waals surface area contributed by atoms with E-state index in [0.29, 0.717) is 0 Å². The van der Waals surface area contributed by atoms with Crippen LogP contribution in [0.25, 0.3) is 0 Å². The molecule has 10 heavy (non-hydrogen) atoms. The monoisotopic (exact) mass is 196 g/mol. The molecule has 0 aliphatic heterocycles. The molecule has 0 aliphatic rings. The normalized spacial score (nSPS) is 10.5. The highest BCUT2D eigenvalue weighted by Gasteiger charge is 1.97. The van der Waals surface area contributed by atoms with Gasteiger partial charge in [-0.25, -0.2) is 5.26 Å². The molecular weight excluding hydrogens is 192 g/mol. The van der Waals surface area contributed by atoms with Crippen LogP contribution in [0.5, 0.6) is 0 Å². The first-order valence-corrected chi connectivity index (χ1v) is 3.83. The summed E-state index contributed by atoms with van der Waals surface area (Å²) in [5, 5.41) is 7.06. The summed E-state index contributed by atoms with van der Waals surface area (Å²) < 4.78 is 50.8. The lowest BCUT2D eigenvalue weighted by Gasteiger charge is -1.79. The molecule has 0 rings (SSSR count). The lowest BCUT2D eigenvalue weighted by molar-refractivity contribution is -0.139. The fraction of sp³-hybridized carbons (Fsp3) is 0. The highest BCUT2D eigenvalue weighted by Crippen LogP contribution is 1.74. The molecule has 0 saturated carbocycles. The van der Waals surface area contributed by atoms with Gasteiger partial charge in [-0.05, 0) is 0 Å². The van der Waals surface area contributed by atoms with Gasteiger partial charge in [-0.15, -0.1) is 0 Å². The van der Waals surface area contributed by atoms with Crippen molar-refractivity contribution in [2.45, 2.75) is 0 Å². The maximum Gasteiger partial charge on any atom is 0.423 e. The zero-order valence-electron chi connectivity index (χ0n) is 4.24. The second-order valence-corrected chi connectivity index (χ2v) is 2.20. The lowest BCUT2D eigenvalue weighted by Crippen LogP contribution is -1.97. The highest BCUT2D eigenvalue weighted by molar-refractivity contribution is 7.80. The first-order chi connectivity index (χ1) is 4.29. The van der Waals surface area contributed by atoms with E-state index in [4.69, 9.17) is 31.5 Å². The van der Waals surface area contributed by atoms with Gasteiger partial charge in [-0.1, -0.05) is 4.33 Å². The number of rotatable bonds is 1. The summed E-state index contributed by atoms with van der Waals surface area (Å²) in [7, 11) is -4.61. The minimum absolute atomic E-state index is 2.47. The molecule has 0 amide bonds. The molecule has 64 valence electrons. The Hall–Kier alpha value is -0.100. The topological polar surface area (TPSA) is 141 Å². The van der Waals surface area contributed by atoms with Crippen LogP contribution < -0.4 is 0 Å². The van der Waals surface area contributed by atoms with Crippen LogP contribution in [0, 0.1) is 0 Å². The second kappa shape index (κ2) is 5.67. The van der Waals surface area contributed by atoms with E-state index in [-0.39, 0.29) is 0 Å². The van der Waals surface area contributed by atoms with Gasteiger partial charge in [0, 0.05) is 0 Å². The van der Waals surface area contributed by atoms with Crippen LogP contribution in [0.3, 0.4) is 0 Å². The molecule has 0 aliphatic carbocycles. The minimum Gasteiger partial charge on any atom is -0.284 e. The maximum absolute atomic E-state index is 9.08. The van der Waals surface area contributed by atoms with Crippen LogP contribution in [0.15, 0.2) is 0 Å². The zero-order valence-corrected chi connectivity index (χ0v) is 5.87. The Labute approximate surface area is 58.4 Å². The summed E-state index contributed by atoms with van der Waals surface area (Å²) in [4.78, 5) is 0. The third-order valence-corrected chi connectivity index (χ3v) is 0.283. The van der Waals surface area contributed by atoms with Crippen molar-refractivity contribution in [2.75, 3.05) is 0 Å². The van der Waals surface area contributed by atoms with Gasteiger partial charge in [0.05, 0.1) is 0 Å². The van der Waals surface area contributed by atoms with Crippen molar-refractivity contribution >= 4 is 21.8 Å². The quantitative estimate of drug-likeness (QED) is 0.180. The molecule has 8 nitrogen and oxygen atoms in total. The Morgan fingerprint density at radius 3 is 1.40 bits per heavy atom. The van der Waals surface area contributed by atoms with Gasteiger partial charge < -0.3 is 0 Å². The smallest absolute Gasteiger partial charge is 0.284 e. The Kier molecular flexibility index (Phi) is 7.12. The standard InChI is InChI=1S/H2O5S.H2O3S/c1-5-6(2,3)4;1-4(2)3/h1H,(H,2,3,4);(H2,1,2,3). The number of hydrogen-bond donors (Lipinski definition) is 4. The van der Waals surface area contributed by atoms with Gasteiger partial charge in [0.2, 0.25) is 0 Å². The van der Waals surface area contributed by atoms with Gasteiger partial charge in [0.1, 0.15) is 0 Å². The van der Waals surface area contributed by atoms with Crippen LogP contribution in [-0.2, 0) is 26.1 Å². The molecule has 0 fully saturated rings. The van der Waals surface area contributed by atoms with Gasteiger partial charge >= 0.3 is 10.4 Å². The van der Waals surface area contributed by atoms with E-state index < -0.39 is 21.8 Å². The number of hydrogen-bond acceptors (Lipinski definition) is 5. The fourth-order valence-electron chi connectivity index (χ4n) is 0.